The average molecular weight is 552 g/mol. The van der Waals surface area contributed by atoms with E-state index in [0.29, 0.717) is 30.2 Å². The molecule has 1 unspecified atom stereocenters. The SMILES string of the molecule is C(#Cc1ccccn1)c1ccc(N2CCNCC2)nc1.CS(=O)(=O)CC(CCCc1ncccn1)N(O)C=O. The number of carbonyl (C=O) groups is 1. The third kappa shape index (κ3) is 11.2. The van der Waals surface area contributed by atoms with Crippen molar-refractivity contribution in [3.05, 3.63) is 78.3 Å². The van der Waals surface area contributed by atoms with Gasteiger partial charge in [-0.05, 0) is 49.1 Å². The Balaban J connectivity index is 0.000000216. The molecule has 1 aliphatic heterocycles. The molecule has 0 aliphatic carbocycles. The van der Waals surface area contributed by atoms with Gasteiger partial charge in [0.25, 0.3) is 0 Å². The van der Waals surface area contributed by atoms with Crippen molar-refractivity contribution >= 4 is 22.1 Å². The van der Waals surface area contributed by atoms with Crippen LogP contribution < -0.4 is 10.2 Å². The molecule has 1 saturated heterocycles. The van der Waals surface area contributed by atoms with Gasteiger partial charge in [-0.25, -0.2) is 33.4 Å². The Morgan fingerprint density at radius 3 is 2.41 bits per heavy atom. The summed E-state index contributed by atoms with van der Waals surface area (Å²) in [6, 6.07) is 10.7. The van der Waals surface area contributed by atoms with Crippen LogP contribution in [0.1, 0.15) is 29.9 Å². The van der Waals surface area contributed by atoms with Gasteiger partial charge in [0.2, 0.25) is 6.41 Å². The predicted molar refractivity (Wildman–Crippen MR) is 148 cm³/mol. The van der Waals surface area contributed by atoms with Crippen LogP contribution in [0, 0.1) is 11.8 Å². The molecule has 0 spiro atoms. The van der Waals surface area contributed by atoms with Gasteiger partial charge >= 0.3 is 0 Å². The number of piperazine rings is 1. The van der Waals surface area contributed by atoms with E-state index < -0.39 is 15.9 Å². The Hall–Kier alpha value is -3.92. The molecule has 1 amide bonds. The summed E-state index contributed by atoms with van der Waals surface area (Å²) < 4.78 is 22.4. The van der Waals surface area contributed by atoms with Crippen molar-refractivity contribution in [1.29, 1.82) is 0 Å². The van der Waals surface area contributed by atoms with Crippen LogP contribution in [0.5, 0.6) is 0 Å². The molecule has 12 heteroatoms. The second-order valence-corrected chi connectivity index (χ2v) is 11.1. The van der Waals surface area contributed by atoms with Gasteiger partial charge < -0.3 is 10.2 Å². The lowest BCUT2D eigenvalue weighted by Gasteiger charge is -2.28. The van der Waals surface area contributed by atoms with Crippen LogP contribution >= 0.6 is 0 Å². The van der Waals surface area contributed by atoms with Crippen molar-refractivity contribution < 1.29 is 18.4 Å². The number of nitrogens with zero attached hydrogens (tertiary/aromatic N) is 6. The number of hydrogen-bond donors (Lipinski definition) is 2. The first kappa shape index (κ1) is 29.6. The van der Waals surface area contributed by atoms with Crippen LogP contribution in [0.3, 0.4) is 0 Å². The Bertz CT molecular complexity index is 1310. The minimum atomic E-state index is -3.27. The molecule has 0 bridgehead atoms. The van der Waals surface area contributed by atoms with Crippen LogP contribution in [-0.4, -0.2) is 89.3 Å². The fourth-order valence-corrected chi connectivity index (χ4v) is 4.81. The Labute approximate surface area is 229 Å². The number of amides is 1. The number of rotatable bonds is 9. The van der Waals surface area contributed by atoms with Gasteiger partial charge in [0.1, 0.15) is 27.2 Å². The highest BCUT2D eigenvalue weighted by Gasteiger charge is 2.20. The maximum Gasteiger partial charge on any atom is 0.233 e. The van der Waals surface area contributed by atoms with Crippen molar-refractivity contribution in [3.63, 3.8) is 0 Å². The smallest absolute Gasteiger partial charge is 0.233 e. The Morgan fingerprint density at radius 1 is 1.05 bits per heavy atom. The van der Waals surface area contributed by atoms with E-state index in [0.717, 1.165) is 49.5 Å². The van der Waals surface area contributed by atoms with Crippen molar-refractivity contribution in [2.75, 3.05) is 43.1 Å². The highest BCUT2D eigenvalue weighted by molar-refractivity contribution is 7.90. The molecular formula is C27H33N7O4S. The molecule has 4 rings (SSSR count). The van der Waals surface area contributed by atoms with Crippen molar-refractivity contribution in [2.24, 2.45) is 0 Å². The first-order valence-corrected chi connectivity index (χ1v) is 14.6. The summed E-state index contributed by atoms with van der Waals surface area (Å²) in [6.07, 6.45) is 9.61. The molecule has 2 N–H and O–H groups in total. The summed E-state index contributed by atoms with van der Waals surface area (Å²) in [5, 5.41) is 13.1. The number of hydrogen-bond acceptors (Lipinski definition) is 10. The largest absolute Gasteiger partial charge is 0.354 e. The van der Waals surface area contributed by atoms with Crippen LogP contribution in [0.4, 0.5) is 5.82 Å². The number of nitrogens with one attached hydrogen (secondary N) is 1. The number of aryl methyl sites for hydroxylation is 1. The molecule has 39 heavy (non-hydrogen) atoms. The van der Waals surface area contributed by atoms with E-state index in [-0.39, 0.29) is 12.2 Å². The monoisotopic (exact) mass is 551 g/mol. The lowest BCUT2D eigenvalue weighted by Crippen LogP contribution is -2.43. The lowest BCUT2D eigenvalue weighted by molar-refractivity contribution is -0.158. The van der Waals surface area contributed by atoms with Gasteiger partial charge in [0, 0.05) is 69.2 Å². The summed E-state index contributed by atoms with van der Waals surface area (Å²) in [6.45, 7) is 4.05. The summed E-state index contributed by atoms with van der Waals surface area (Å²) >= 11 is 0. The highest BCUT2D eigenvalue weighted by atomic mass is 32.2. The van der Waals surface area contributed by atoms with E-state index in [1.807, 2.05) is 36.5 Å². The molecule has 206 valence electrons. The highest BCUT2D eigenvalue weighted by Crippen LogP contribution is 2.12. The fourth-order valence-electron chi connectivity index (χ4n) is 3.80. The second kappa shape index (κ2) is 15.5. The van der Waals surface area contributed by atoms with Crippen LogP contribution in [0.15, 0.2) is 61.2 Å². The van der Waals surface area contributed by atoms with Crippen LogP contribution in [0.25, 0.3) is 0 Å². The summed E-state index contributed by atoms with van der Waals surface area (Å²) in [7, 11) is -3.27. The topological polar surface area (TPSA) is 142 Å². The van der Waals surface area contributed by atoms with Gasteiger partial charge in [-0.2, -0.15) is 0 Å². The van der Waals surface area contributed by atoms with Gasteiger partial charge in [-0.3, -0.25) is 10.0 Å². The number of pyridine rings is 2. The molecule has 0 saturated carbocycles. The molecule has 1 aliphatic rings. The molecule has 11 nitrogen and oxygen atoms in total. The maximum atomic E-state index is 11.2. The Kier molecular flexibility index (Phi) is 11.8. The van der Waals surface area contributed by atoms with E-state index >= 15 is 0 Å². The van der Waals surface area contributed by atoms with Crippen LogP contribution in [-0.2, 0) is 21.1 Å². The van der Waals surface area contributed by atoms with E-state index in [2.05, 4.69) is 42.0 Å². The van der Waals surface area contributed by atoms with Gasteiger partial charge in [0.05, 0.1) is 11.8 Å². The lowest BCUT2D eigenvalue weighted by atomic mass is 10.1. The van der Waals surface area contributed by atoms with Gasteiger partial charge in [-0.15, -0.1) is 0 Å². The van der Waals surface area contributed by atoms with E-state index in [9.17, 15) is 18.4 Å². The third-order valence-electron chi connectivity index (χ3n) is 5.72. The molecule has 3 aromatic rings. The minimum absolute atomic E-state index is 0.217. The van der Waals surface area contributed by atoms with Crippen LogP contribution in [0.2, 0.25) is 0 Å². The molecule has 1 fully saturated rings. The first-order chi connectivity index (χ1) is 18.8. The molecule has 1 atom stereocenters. The number of sulfone groups is 1. The standard InChI is InChI=1S/C16H16N4.C11H17N3O4S/c1-2-8-18-15(3-1)6-4-14-5-7-16(19-13-14)20-11-9-17-10-12-20;1-19(17,18)8-10(14(16)9-15)4-2-5-11-12-6-3-7-13-11/h1-3,5,7-8,13,17H,9-12H2;3,6-7,9-10,16H,2,4-5,8H2,1H3. The molecule has 4 heterocycles. The zero-order chi connectivity index (χ0) is 27.9. The average Bonchev–Trinajstić information content (AvgIpc) is 2.97. The van der Waals surface area contributed by atoms with E-state index in [1.165, 1.54) is 0 Å². The minimum Gasteiger partial charge on any atom is -0.354 e. The zero-order valence-corrected chi connectivity index (χ0v) is 22.7. The summed E-state index contributed by atoms with van der Waals surface area (Å²) in [4.78, 5) is 29.6. The van der Waals surface area contributed by atoms with Crippen molar-refractivity contribution in [1.82, 2.24) is 30.3 Å². The quantitative estimate of drug-likeness (QED) is 0.173. The van der Waals surface area contributed by atoms with Gasteiger partial charge in [0.15, 0.2) is 0 Å². The molecular weight excluding hydrogens is 518 g/mol. The number of carbonyl (C=O) groups excluding carboxylic acids is 1. The van der Waals surface area contributed by atoms with Crippen molar-refractivity contribution in [2.45, 2.75) is 25.3 Å². The Morgan fingerprint density at radius 2 is 1.79 bits per heavy atom. The maximum absolute atomic E-state index is 11.2. The van der Waals surface area contributed by atoms with Gasteiger partial charge in [-0.1, -0.05) is 12.0 Å². The zero-order valence-electron chi connectivity index (χ0n) is 21.8. The normalized spacial score (nSPS) is 13.7. The molecule has 0 radical (unpaired) electrons. The van der Waals surface area contributed by atoms with E-state index in [1.54, 1.807) is 24.7 Å². The molecule has 0 aromatic carbocycles. The number of aromatic nitrogens is 4. The summed E-state index contributed by atoms with van der Waals surface area (Å²) in [5.74, 6) is 7.53. The van der Waals surface area contributed by atoms with Crippen molar-refractivity contribution in [3.8, 4) is 11.8 Å². The first-order valence-electron chi connectivity index (χ1n) is 12.5. The number of anilines is 1. The fraction of sp³-hybridized carbons (Fsp3) is 0.370. The van der Waals surface area contributed by atoms with E-state index in [4.69, 9.17) is 0 Å². The number of hydroxylamine groups is 2. The predicted octanol–water partition coefficient (Wildman–Crippen LogP) is 1.35. The molecule has 3 aromatic heterocycles. The third-order valence-corrected chi connectivity index (χ3v) is 6.71. The second-order valence-electron chi connectivity index (χ2n) is 8.90. The summed E-state index contributed by atoms with van der Waals surface area (Å²) in [5.41, 5.74) is 1.69.